The molecule has 1 aromatic carbocycles. The highest BCUT2D eigenvalue weighted by Crippen LogP contribution is 2.18. The fraction of sp³-hybridized carbons (Fsp3) is 0. The maximum Gasteiger partial charge on any atom is 0.257 e. The predicted molar refractivity (Wildman–Crippen MR) is 75.6 cm³/mol. The van der Waals surface area contributed by atoms with E-state index in [1.54, 1.807) is 12.3 Å². The largest absolute Gasteiger partial charge is 0.506 e. The van der Waals surface area contributed by atoms with Crippen LogP contribution in [0.3, 0.4) is 0 Å². The predicted octanol–water partition coefficient (Wildman–Crippen LogP) is 2.59. The summed E-state index contributed by atoms with van der Waals surface area (Å²) in [6.07, 6.45) is 4.40. The first-order chi connectivity index (χ1) is 9.72. The van der Waals surface area contributed by atoms with Crippen molar-refractivity contribution in [1.82, 2.24) is 9.97 Å². The van der Waals surface area contributed by atoms with Crippen LogP contribution in [0.4, 0.5) is 5.69 Å². The first-order valence-electron chi connectivity index (χ1n) is 6.02. The second-order valence-electron chi connectivity index (χ2n) is 4.30. The van der Waals surface area contributed by atoms with E-state index < -0.39 is 0 Å². The van der Waals surface area contributed by atoms with E-state index >= 15 is 0 Å². The van der Waals surface area contributed by atoms with E-state index in [1.165, 1.54) is 18.5 Å². The molecular weight excluding hydrogens is 254 g/mol. The van der Waals surface area contributed by atoms with Crippen molar-refractivity contribution in [3.63, 3.8) is 0 Å². The summed E-state index contributed by atoms with van der Waals surface area (Å²) in [5.41, 5.74) is 1.83. The number of amides is 1. The molecule has 2 aromatic heterocycles. The molecule has 0 saturated carbocycles. The van der Waals surface area contributed by atoms with Gasteiger partial charge >= 0.3 is 0 Å². The standard InChI is InChI=1S/C15H11N3O2/c19-13-7-11(8-16-9-13)15(20)18-12-3-4-14-10(6-12)2-1-5-17-14/h1-9,19H,(H,18,20). The lowest BCUT2D eigenvalue weighted by atomic mass is 10.2. The van der Waals surface area contributed by atoms with Crippen LogP contribution in [0.2, 0.25) is 0 Å². The quantitative estimate of drug-likeness (QED) is 0.746. The Morgan fingerprint density at radius 1 is 1.15 bits per heavy atom. The number of hydrogen-bond donors (Lipinski definition) is 2. The van der Waals surface area contributed by atoms with Gasteiger partial charge in [-0.1, -0.05) is 6.07 Å². The van der Waals surface area contributed by atoms with Crippen LogP contribution < -0.4 is 5.32 Å². The number of anilines is 1. The molecule has 2 N–H and O–H groups in total. The summed E-state index contributed by atoms with van der Waals surface area (Å²) in [7, 11) is 0. The van der Waals surface area contributed by atoms with Gasteiger partial charge in [0.1, 0.15) is 5.75 Å². The van der Waals surface area contributed by atoms with Crippen molar-refractivity contribution in [3.8, 4) is 5.75 Å². The Hall–Kier alpha value is -2.95. The molecule has 0 aliphatic heterocycles. The van der Waals surface area contributed by atoms with Crippen molar-refractivity contribution in [2.24, 2.45) is 0 Å². The van der Waals surface area contributed by atoms with Crippen LogP contribution in [0, 0.1) is 0 Å². The Morgan fingerprint density at radius 3 is 2.90 bits per heavy atom. The monoisotopic (exact) mass is 265 g/mol. The fourth-order valence-electron chi connectivity index (χ4n) is 1.91. The maximum absolute atomic E-state index is 12.0. The second-order valence-corrected chi connectivity index (χ2v) is 4.30. The van der Waals surface area contributed by atoms with Crippen LogP contribution in [0.5, 0.6) is 5.75 Å². The molecule has 3 rings (SSSR count). The summed E-state index contributed by atoms with van der Waals surface area (Å²) in [4.78, 5) is 20.0. The lowest BCUT2D eigenvalue weighted by Gasteiger charge is -2.06. The number of fused-ring (bicyclic) bond motifs is 1. The molecule has 0 aliphatic rings. The molecule has 0 atom stereocenters. The van der Waals surface area contributed by atoms with E-state index in [0.717, 1.165) is 10.9 Å². The zero-order valence-electron chi connectivity index (χ0n) is 10.4. The van der Waals surface area contributed by atoms with Gasteiger partial charge in [-0.25, -0.2) is 0 Å². The highest BCUT2D eigenvalue weighted by atomic mass is 16.3. The van der Waals surface area contributed by atoms with E-state index in [1.807, 2.05) is 24.3 Å². The third-order valence-corrected chi connectivity index (χ3v) is 2.85. The van der Waals surface area contributed by atoms with Gasteiger partial charge in [0, 0.05) is 23.5 Å². The Kier molecular flexibility index (Phi) is 3.01. The van der Waals surface area contributed by atoms with Crippen LogP contribution in [0.25, 0.3) is 10.9 Å². The lowest BCUT2D eigenvalue weighted by Crippen LogP contribution is -2.11. The van der Waals surface area contributed by atoms with Gasteiger partial charge in [0.2, 0.25) is 0 Å². The number of pyridine rings is 2. The molecule has 0 aliphatic carbocycles. The van der Waals surface area contributed by atoms with Gasteiger partial charge in [-0.2, -0.15) is 0 Å². The number of aromatic nitrogens is 2. The molecule has 0 unspecified atom stereocenters. The number of carbonyl (C=O) groups excluding carboxylic acids is 1. The number of benzene rings is 1. The van der Waals surface area contributed by atoms with Crippen molar-refractivity contribution >= 4 is 22.5 Å². The smallest absolute Gasteiger partial charge is 0.257 e. The number of aromatic hydroxyl groups is 1. The van der Waals surface area contributed by atoms with Gasteiger partial charge < -0.3 is 10.4 Å². The van der Waals surface area contributed by atoms with Gasteiger partial charge in [-0.15, -0.1) is 0 Å². The minimum absolute atomic E-state index is 0.0413. The molecule has 0 bridgehead atoms. The van der Waals surface area contributed by atoms with Crippen LogP contribution >= 0.6 is 0 Å². The van der Waals surface area contributed by atoms with Crippen molar-refractivity contribution in [2.45, 2.75) is 0 Å². The normalized spacial score (nSPS) is 10.4. The van der Waals surface area contributed by atoms with Gasteiger partial charge in [0.15, 0.2) is 0 Å². The first kappa shape index (κ1) is 12.1. The topological polar surface area (TPSA) is 75.1 Å². The number of rotatable bonds is 2. The van der Waals surface area contributed by atoms with Gasteiger partial charge in [0.05, 0.1) is 17.3 Å². The first-order valence-corrected chi connectivity index (χ1v) is 6.02. The number of nitrogens with zero attached hydrogens (tertiary/aromatic N) is 2. The molecule has 5 heteroatoms. The van der Waals surface area contributed by atoms with Gasteiger partial charge in [-0.05, 0) is 30.3 Å². The molecule has 20 heavy (non-hydrogen) atoms. The lowest BCUT2D eigenvalue weighted by molar-refractivity contribution is 0.102. The SMILES string of the molecule is O=C(Nc1ccc2ncccc2c1)c1cncc(O)c1. The minimum Gasteiger partial charge on any atom is -0.506 e. The zero-order chi connectivity index (χ0) is 13.9. The van der Waals surface area contributed by atoms with Gasteiger partial charge in [0.25, 0.3) is 5.91 Å². The molecule has 1 amide bonds. The fourth-order valence-corrected chi connectivity index (χ4v) is 1.91. The molecule has 3 aromatic rings. The van der Waals surface area contributed by atoms with E-state index in [9.17, 15) is 9.90 Å². The third-order valence-electron chi connectivity index (χ3n) is 2.85. The number of carbonyl (C=O) groups is 1. The summed E-state index contributed by atoms with van der Waals surface area (Å²) < 4.78 is 0. The van der Waals surface area contributed by atoms with Crippen LogP contribution in [0.1, 0.15) is 10.4 Å². The second kappa shape index (κ2) is 4.97. The van der Waals surface area contributed by atoms with Crippen LogP contribution in [-0.2, 0) is 0 Å². The van der Waals surface area contributed by atoms with E-state index in [0.29, 0.717) is 11.3 Å². The average Bonchev–Trinajstić information content (AvgIpc) is 2.47. The Balaban J connectivity index is 1.87. The van der Waals surface area contributed by atoms with Crippen molar-refractivity contribution in [3.05, 3.63) is 60.6 Å². The molecule has 0 fully saturated rings. The summed E-state index contributed by atoms with van der Waals surface area (Å²) in [5, 5.41) is 13.0. The molecule has 5 nitrogen and oxygen atoms in total. The molecule has 0 saturated heterocycles. The number of hydrogen-bond acceptors (Lipinski definition) is 4. The zero-order valence-corrected chi connectivity index (χ0v) is 10.4. The minimum atomic E-state index is -0.323. The molecule has 2 heterocycles. The van der Waals surface area contributed by atoms with Crippen LogP contribution in [0.15, 0.2) is 55.0 Å². The Morgan fingerprint density at radius 2 is 2.05 bits per heavy atom. The van der Waals surface area contributed by atoms with Crippen LogP contribution in [-0.4, -0.2) is 21.0 Å². The van der Waals surface area contributed by atoms with E-state index in [-0.39, 0.29) is 11.7 Å². The number of nitrogens with one attached hydrogen (secondary N) is 1. The summed E-state index contributed by atoms with van der Waals surface area (Å²) in [5.74, 6) is -0.364. The average molecular weight is 265 g/mol. The van der Waals surface area contributed by atoms with Crippen molar-refractivity contribution < 1.29 is 9.90 Å². The summed E-state index contributed by atoms with van der Waals surface area (Å²) >= 11 is 0. The Labute approximate surface area is 114 Å². The van der Waals surface area contributed by atoms with E-state index in [4.69, 9.17) is 0 Å². The summed E-state index contributed by atoms with van der Waals surface area (Å²) in [6.45, 7) is 0. The molecule has 0 radical (unpaired) electrons. The Bertz CT molecular complexity index is 787. The summed E-state index contributed by atoms with van der Waals surface area (Å²) in [6, 6.07) is 10.6. The van der Waals surface area contributed by atoms with Gasteiger partial charge in [-0.3, -0.25) is 14.8 Å². The van der Waals surface area contributed by atoms with Crippen molar-refractivity contribution in [1.29, 1.82) is 0 Å². The highest BCUT2D eigenvalue weighted by Gasteiger charge is 2.07. The third kappa shape index (κ3) is 2.42. The van der Waals surface area contributed by atoms with Crippen molar-refractivity contribution in [2.75, 3.05) is 5.32 Å². The molecule has 0 spiro atoms. The molecular formula is C15H11N3O2. The maximum atomic E-state index is 12.0. The molecule has 98 valence electrons. The highest BCUT2D eigenvalue weighted by molar-refractivity contribution is 6.05. The van der Waals surface area contributed by atoms with E-state index in [2.05, 4.69) is 15.3 Å².